The summed E-state index contributed by atoms with van der Waals surface area (Å²) in [5, 5.41) is 3.08. The molecule has 0 saturated carbocycles. The average Bonchev–Trinajstić information content (AvgIpc) is 2.95. The molecule has 1 N–H and O–H groups in total. The molecule has 0 amide bonds. The molecule has 0 fully saturated rings. The maximum absolute atomic E-state index is 13.0. The molecule has 2 heterocycles. The minimum absolute atomic E-state index is 0.00874. The summed E-state index contributed by atoms with van der Waals surface area (Å²) in [6, 6.07) is 3.93. The summed E-state index contributed by atoms with van der Waals surface area (Å²) >= 11 is 11.8. The van der Waals surface area contributed by atoms with Crippen LogP contribution in [0.1, 0.15) is 0 Å². The number of nitrogens with one attached hydrogen (secondary N) is 1. The van der Waals surface area contributed by atoms with Crippen molar-refractivity contribution in [3.05, 3.63) is 53.0 Å². The molecule has 0 aliphatic rings. The Labute approximate surface area is 128 Å². The molecule has 0 unspecified atom stereocenters. The fourth-order valence-electron chi connectivity index (χ4n) is 1.60. The zero-order valence-corrected chi connectivity index (χ0v) is 11.8. The van der Waals surface area contributed by atoms with E-state index in [1.54, 1.807) is 17.0 Å². The number of rotatable bonds is 3. The van der Waals surface area contributed by atoms with Gasteiger partial charge in [0, 0.05) is 12.4 Å². The summed E-state index contributed by atoms with van der Waals surface area (Å²) in [7, 11) is 0. The van der Waals surface area contributed by atoms with Gasteiger partial charge in [-0.25, -0.2) is 9.37 Å². The molecule has 3 rings (SSSR count). The van der Waals surface area contributed by atoms with E-state index < -0.39 is 5.82 Å². The maximum atomic E-state index is 13.0. The molecule has 0 aliphatic heterocycles. The van der Waals surface area contributed by atoms with E-state index in [0.29, 0.717) is 11.6 Å². The molecule has 1 aromatic carbocycles. The van der Waals surface area contributed by atoms with Gasteiger partial charge in [0.25, 0.3) is 0 Å². The van der Waals surface area contributed by atoms with Gasteiger partial charge in [0.05, 0.1) is 10.7 Å². The summed E-state index contributed by atoms with van der Waals surface area (Å²) in [4.78, 5) is 16.0. The monoisotopic (exact) mass is 324 g/mol. The van der Waals surface area contributed by atoms with Crippen molar-refractivity contribution < 1.29 is 4.39 Å². The summed E-state index contributed by atoms with van der Waals surface area (Å²) in [6.07, 6.45) is 4.78. The predicted octanol–water partition coefficient (Wildman–Crippen LogP) is 3.25. The number of hydrogen-bond acceptors (Lipinski definition) is 5. The highest BCUT2D eigenvalue weighted by Crippen LogP contribution is 2.25. The van der Waals surface area contributed by atoms with Crippen LogP contribution < -0.4 is 5.32 Å². The van der Waals surface area contributed by atoms with Gasteiger partial charge in [-0.3, -0.25) is 4.57 Å². The Kier molecular flexibility index (Phi) is 3.68. The van der Waals surface area contributed by atoms with Crippen LogP contribution >= 0.6 is 23.2 Å². The second-order valence-corrected chi connectivity index (χ2v) is 4.69. The van der Waals surface area contributed by atoms with E-state index in [4.69, 9.17) is 23.2 Å². The Bertz CT molecular complexity index is 777. The first kappa shape index (κ1) is 13.7. The molecule has 6 nitrogen and oxygen atoms in total. The molecule has 21 heavy (non-hydrogen) atoms. The highest BCUT2D eigenvalue weighted by atomic mass is 35.5. The normalized spacial score (nSPS) is 10.6. The van der Waals surface area contributed by atoms with Crippen molar-refractivity contribution in [3.63, 3.8) is 0 Å². The second-order valence-electron chi connectivity index (χ2n) is 3.95. The third kappa shape index (κ3) is 3.09. The van der Waals surface area contributed by atoms with E-state index in [2.05, 4.69) is 25.3 Å². The van der Waals surface area contributed by atoms with Gasteiger partial charge in [-0.2, -0.15) is 15.0 Å². The molecule has 0 radical (unpaired) electrons. The summed E-state index contributed by atoms with van der Waals surface area (Å²) in [6.45, 7) is 0. The highest BCUT2D eigenvalue weighted by Gasteiger charge is 2.09. The Morgan fingerprint density at radius 1 is 1.14 bits per heavy atom. The Hall–Kier alpha value is -2.25. The molecular formula is C12H7Cl2FN6. The van der Waals surface area contributed by atoms with Crippen LogP contribution in [0.4, 0.5) is 16.0 Å². The van der Waals surface area contributed by atoms with Crippen molar-refractivity contribution in [1.29, 1.82) is 0 Å². The fourth-order valence-corrected chi connectivity index (χ4v) is 1.97. The molecule has 0 spiro atoms. The number of benzene rings is 1. The number of anilines is 2. The highest BCUT2D eigenvalue weighted by molar-refractivity contribution is 6.33. The van der Waals surface area contributed by atoms with Crippen molar-refractivity contribution in [2.45, 2.75) is 0 Å². The average molecular weight is 325 g/mol. The van der Waals surface area contributed by atoms with Gasteiger partial charge in [-0.1, -0.05) is 11.6 Å². The number of halogens is 3. The topological polar surface area (TPSA) is 68.5 Å². The van der Waals surface area contributed by atoms with Crippen LogP contribution in [0.2, 0.25) is 10.3 Å². The minimum atomic E-state index is -0.432. The first-order valence-corrected chi connectivity index (χ1v) is 6.49. The maximum Gasteiger partial charge on any atom is 0.241 e. The van der Waals surface area contributed by atoms with Gasteiger partial charge in [-0.15, -0.1) is 0 Å². The van der Waals surface area contributed by atoms with Crippen molar-refractivity contribution in [2.24, 2.45) is 0 Å². The van der Waals surface area contributed by atoms with Gasteiger partial charge >= 0.3 is 0 Å². The molecule has 0 aliphatic carbocycles. The molecule has 0 bridgehead atoms. The van der Waals surface area contributed by atoms with E-state index in [1.165, 1.54) is 24.5 Å². The third-order valence-corrected chi connectivity index (χ3v) is 2.99. The molecule has 0 atom stereocenters. The number of imidazole rings is 1. The van der Waals surface area contributed by atoms with E-state index in [-0.39, 0.29) is 16.3 Å². The van der Waals surface area contributed by atoms with Crippen LogP contribution in [-0.4, -0.2) is 24.5 Å². The summed E-state index contributed by atoms with van der Waals surface area (Å²) in [5.74, 6) is 0.0544. The van der Waals surface area contributed by atoms with Gasteiger partial charge in [0.1, 0.15) is 12.1 Å². The van der Waals surface area contributed by atoms with E-state index >= 15 is 0 Å². The van der Waals surface area contributed by atoms with Crippen LogP contribution in [0.5, 0.6) is 0 Å². The number of nitrogens with zero attached hydrogens (tertiary/aromatic N) is 5. The van der Waals surface area contributed by atoms with Crippen LogP contribution in [0.25, 0.3) is 5.95 Å². The Morgan fingerprint density at radius 3 is 2.71 bits per heavy atom. The molecule has 0 saturated heterocycles. The number of aromatic nitrogens is 5. The molecule has 106 valence electrons. The Balaban J connectivity index is 1.95. The quantitative estimate of drug-likeness (QED) is 0.800. The van der Waals surface area contributed by atoms with Gasteiger partial charge in [-0.05, 0) is 29.8 Å². The van der Waals surface area contributed by atoms with Crippen LogP contribution in [0.15, 0.2) is 36.9 Å². The first-order chi connectivity index (χ1) is 10.1. The standard InChI is InChI=1S/C12H7Cl2FN6/c13-8-5-7(15)1-2-9(8)17-11-18-10(14)19-12(20-11)21-4-3-16-6-21/h1-6H,(H,17,18,19,20). The van der Waals surface area contributed by atoms with Crippen LogP contribution in [0.3, 0.4) is 0 Å². The first-order valence-electron chi connectivity index (χ1n) is 5.74. The van der Waals surface area contributed by atoms with Crippen molar-refractivity contribution in [2.75, 3.05) is 5.32 Å². The van der Waals surface area contributed by atoms with Gasteiger partial charge < -0.3 is 5.32 Å². The molecule has 9 heteroatoms. The lowest BCUT2D eigenvalue weighted by Crippen LogP contribution is -2.05. The summed E-state index contributed by atoms with van der Waals surface area (Å²) < 4.78 is 14.6. The van der Waals surface area contributed by atoms with Gasteiger partial charge in [0.15, 0.2) is 0 Å². The van der Waals surface area contributed by atoms with E-state index in [1.807, 2.05) is 0 Å². The zero-order chi connectivity index (χ0) is 14.8. The lowest BCUT2D eigenvalue weighted by molar-refractivity contribution is 0.628. The smallest absolute Gasteiger partial charge is 0.241 e. The minimum Gasteiger partial charge on any atom is -0.323 e. The lowest BCUT2D eigenvalue weighted by Gasteiger charge is -2.08. The summed E-state index contributed by atoms with van der Waals surface area (Å²) in [5.41, 5.74) is 0.455. The van der Waals surface area contributed by atoms with Crippen molar-refractivity contribution >= 4 is 34.8 Å². The van der Waals surface area contributed by atoms with Crippen molar-refractivity contribution in [3.8, 4) is 5.95 Å². The van der Waals surface area contributed by atoms with E-state index in [0.717, 1.165) is 0 Å². The molecule has 3 aromatic rings. The lowest BCUT2D eigenvalue weighted by atomic mass is 10.3. The number of hydrogen-bond donors (Lipinski definition) is 1. The zero-order valence-electron chi connectivity index (χ0n) is 10.3. The SMILES string of the molecule is Fc1ccc(Nc2nc(Cl)nc(-n3ccnc3)n2)c(Cl)c1. The largest absolute Gasteiger partial charge is 0.323 e. The van der Waals surface area contributed by atoms with Gasteiger partial charge in [0.2, 0.25) is 17.2 Å². The predicted molar refractivity (Wildman–Crippen MR) is 76.7 cm³/mol. The van der Waals surface area contributed by atoms with Crippen molar-refractivity contribution in [1.82, 2.24) is 24.5 Å². The van der Waals surface area contributed by atoms with Crippen LogP contribution in [0, 0.1) is 5.82 Å². The third-order valence-electron chi connectivity index (χ3n) is 2.51. The fraction of sp³-hybridized carbons (Fsp3) is 0. The second kappa shape index (κ2) is 5.63. The Morgan fingerprint density at radius 2 is 2.00 bits per heavy atom. The molecule has 2 aromatic heterocycles. The van der Waals surface area contributed by atoms with E-state index in [9.17, 15) is 4.39 Å². The van der Waals surface area contributed by atoms with Crippen LogP contribution in [-0.2, 0) is 0 Å². The molecular weight excluding hydrogens is 318 g/mol.